The van der Waals surface area contributed by atoms with Crippen molar-refractivity contribution in [1.29, 1.82) is 0 Å². The number of hydrogen-bond acceptors (Lipinski definition) is 4. The highest BCUT2D eigenvalue weighted by Crippen LogP contribution is 2.27. The van der Waals surface area contributed by atoms with Crippen LogP contribution < -0.4 is 14.8 Å². The molecule has 0 saturated heterocycles. The maximum atomic E-state index is 13.2. The van der Waals surface area contributed by atoms with Gasteiger partial charge in [-0.3, -0.25) is 4.79 Å². The predicted molar refractivity (Wildman–Crippen MR) is 133 cm³/mol. The van der Waals surface area contributed by atoms with Gasteiger partial charge in [-0.1, -0.05) is 70.0 Å². The van der Waals surface area contributed by atoms with Gasteiger partial charge in [-0.15, -0.1) is 0 Å². The maximum absolute atomic E-state index is 13.2. The number of hydrogen-bond donors (Lipinski definition) is 2. The van der Waals surface area contributed by atoms with Crippen LogP contribution in [0.3, 0.4) is 0 Å². The molecule has 6 nitrogen and oxygen atoms in total. The van der Waals surface area contributed by atoms with Crippen LogP contribution in [0.5, 0.6) is 5.75 Å². The summed E-state index contributed by atoms with van der Waals surface area (Å²) in [5.41, 5.74) is 1.71. The summed E-state index contributed by atoms with van der Waals surface area (Å²) in [5, 5.41) is 3.15. The Kier molecular flexibility index (Phi) is 8.53. The predicted octanol–water partition coefficient (Wildman–Crippen LogP) is 4.88. The van der Waals surface area contributed by atoms with Gasteiger partial charge in [0, 0.05) is 9.50 Å². The third-order valence-electron chi connectivity index (χ3n) is 5.04. The average molecular weight is 552 g/mol. The van der Waals surface area contributed by atoms with Crippen molar-refractivity contribution in [2.24, 2.45) is 0 Å². The summed E-state index contributed by atoms with van der Waals surface area (Å²) in [6.45, 7) is 1.84. The van der Waals surface area contributed by atoms with Crippen LogP contribution in [0.1, 0.15) is 24.1 Å². The zero-order valence-corrected chi connectivity index (χ0v) is 21.2. The Bertz CT molecular complexity index is 1200. The van der Waals surface area contributed by atoms with E-state index in [9.17, 15) is 13.2 Å². The van der Waals surface area contributed by atoms with Gasteiger partial charge in [0.1, 0.15) is 16.7 Å². The van der Waals surface area contributed by atoms with Crippen LogP contribution in [0.25, 0.3) is 0 Å². The Morgan fingerprint density at radius 1 is 1.06 bits per heavy atom. The van der Waals surface area contributed by atoms with E-state index in [-0.39, 0.29) is 28.1 Å². The fourth-order valence-electron chi connectivity index (χ4n) is 3.30. The molecule has 174 valence electrons. The molecule has 2 atom stereocenters. The fraction of sp³-hybridized carbons (Fsp3) is 0.208. The number of ether oxygens (including phenoxy) is 1. The standard InChI is InChI=1S/C24H24BrClN2O4S/c1-16(18-8-10-19(25)11-9-18)27-24(29)21(14-17-6-4-3-5-7-17)28-33(30,31)23-15-20(26)12-13-22(23)32-2/h3-13,15-16,21,28H,14H2,1-2H3,(H,27,29)/t16-,21+/m1/s1. The van der Waals surface area contributed by atoms with E-state index >= 15 is 0 Å². The van der Waals surface area contributed by atoms with Crippen LogP contribution in [0.4, 0.5) is 0 Å². The molecule has 0 aliphatic heterocycles. The smallest absolute Gasteiger partial charge is 0.245 e. The van der Waals surface area contributed by atoms with Gasteiger partial charge in [0.05, 0.1) is 13.2 Å². The van der Waals surface area contributed by atoms with E-state index in [4.69, 9.17) is 16.3 Å². The highest BCUT2D eigenvalue weighted by Gasteiger charge is 2.29. The third kappa shape index (κ3) is 6.80. The number of sulfonamides is 1. The summed E-state index contributed by atoms with van der Waals surface area (Å²) in [6.07, 6.45) is 0.168. The second-order valence-electron chi connectivity index (χ2n) is 7.44. The molecular weight excluding hydrogens is 528 g/mol. The van der Waals surface area contributed by atoms with Crippen molar-refractivity contribution >= 4 is 43.5 Å². The zero-order valence-electron chi connectivity index (χ0n) is 18.1. The largest absolute Gasteiger partial charge is 0.495 e. The summed E-state index contributed by atoms with van der Waals surface area (Å²) in [4.78, 5) is 13.1. The average Bonchev–Trinajstić information content (AvgIpc) is 2.79. The fourth-order valence-corrected chi connectivity index (χ4v) is 5.19. The van der Waals surface area contributed by atoms with Crippen LogP contribution in [-0.4, -0.2) is 27.5 Å². The van der Waals surface area contributed by atoms with E-state index in [1.165, 1.54) is 25.3 Å². The zero-order chi connectivity index (χ0) is 24.0. The molecule has 0 unspecified atom stereocenters. The lowest BCUT2D eigenvalue weighted by Crippen LogP contribution is -2.48. The molecule has 0 radical (unpaired) electrons. The number of halogens is 2. The minimum absolute atomic E-state index is 0.133. The number of nitrogens with one attached hydrogen (secondary N) is 2. The Morgan fingerprint density at radius 3 is 2.36 bits per heavy atom. The second kappa shape index (κ2) is 11.2. The molecule has 9 heteroatoms. The van der Waals surface area contributed by atoms with Gasteiger partial charge in [0.15, 0.2) is 0 Å². The van der Waals surface area contributed by atoms with Gasteiger partial charge in [-0.05, 0) is 54.8 Å². The molecule has 3 aromatic carbocycles. The van der Waals surface area contributed by atoms with Gasteiger partial charge < -0.3 is 10.1 Å². The second-order valence-corrected chi connectivity index (χ2v) is 10.5. The molecule has 0 spiro atoms. The van der Waals surface area contributed by atoms with Gasteiger partial charge in [-0.2, -0.15) is 4.72 Å². The Morgan fingerprint density at radius 2 is 1.73 bits per heavy atom. The molecule has 0 bridgehead atoms. The lowest BCUT2D eigenvalue weighted by atomic mass is 10.0. The molecule has 0 aliphatic carbocycles. The first-order valence-electron chi connectivity index (χ1n) is 10.1. The van der Waals surface area contributed by atoms with Crippen LogP contribution >= 0.6 is 27.5 Å². The summed E-state index contributed by atoms with van der Waals surface area (Å²) >= 11 is 9.42. The van der Waals surface area contributed by atoms with Crippen LogP contribution in [0.2, 0.25) is 5.02 Å². The molecule has 0 heterocycles. The van der Waals surface area contributed by atoms with E-state index in [0.29, 0.717) is 0 Å². The topological polar surface area (TPSA) is 84.5 Å². The monoisotopic (exact) mass is 550 g/mol. The van der Waals surface area contributed by atoms with E-state index in [1.807, 2.05) is 61.5 Å². The number of rotatable bonds is 9. The van der Waals surface area contributed by atoms with Gasteiger partial charge in [0.2, 0.25) is 15.9 Å². The minimum Gasteiger partial charge on any atom is -0.495 e. The van der Waals surface area contributed by atoms with Crippen molar-refractivity contribution in [2.45, 2.75) is 30.3 Å². The first-order valence-corrected chi connectivity index (χ1v) is 12.8. The number of carbonyl (C=O) groups is 1. The molecule has 0 fully saturated rings. The molecule has 2 N–H and O–H groups in total. The van der Waals surface area contributed by atoms with Crippen LogP contribution in [0, 0.1) is 0 Å². The highest BCUT2D eigenvalue weighted by molar-refractivity contribution is 9.10. The first kappa shape index (κ1) is 25.2. The lowest BCUT2D eigenvalue weighted by molar-refractivity contribution is -0.123. The van der Waals surface area contributed by atoms with E-state index in [1.54, 1.807) is 0 Å². The molecule has 33 heavy (non-hydrogen) atoms. The number of amides is 1. The van der Waals surface area contributed by atoms with Crippen molar-refractivity contribution in [1.82, 2.24) is 10.0 Å². The van der Waals surface area contributed by atoms with E-state index < -0.39 is 22.0 Å². The lowest BCUT2D eigenvalue weighted by Gasteiger charge is -2.22. The Hall–Kier alpha value is -2.39. The highest BCUT2D eigenvalue weighted by atomic mass is 79.9. The van der Waals surface area contributed by atoms with Crippen molar-refractivity contribution in [3.8, 4) is 5.75 Å². The number of carbonyl (C=O) groups excluding carboxylic acids is 1. The SMILES string of the molecule is COc1ccc(Cl)cc1S(=O)(=O)N[C@@H](Cc1ccccc1)C(=O)N[C@H](C)c1ccc(Br)cc1. The third-order valence-corrected chi connectivity index (χ3v) is 7.30. The van der Waals surface area contributed by atoms with Gasteiger partial charge >= 0.3 is 0 Å². The van der Waals surface area contributed by atoms with Crippen molar-refractivity contribution in [3.05, 3.63) is 93.4 Å². The molecule has 0 saturated carbocycles. The summed E-state index contributed by atoms with van der Waals surface area (Å²) < 4.78 is 35.1. The molecule has 3 rings (SSSR count). The molecule has 0 aliphatic rings. The normalized spacial score (nSPS) is 13.2. The summed E-state index contributed by atoms with van der Waals surface area (Å²) in [5.74, 6) is -0.312. The van der Waals surface area contributed by atoms with Gasteiger partial charge in [-0.25, -0.2) is 8.42 Å². The van der Waals surface area contributed by atoms with Crippen LogP contribution in [-0.2, 0) is 21.2 Å². The van der Waals surface area contributed by atoms with Gasteiger partial charge in [0.25, 0.3) is 0 Å². The first-order chi connectivity index (χ1) is 15.7. The van der Waals surface area contributed by atoms with E-state index in [0.717, 1.165) is 15.6 Å². The number of benzene rings is 3. The molecule has 3 aromatic rings. The minimum atomic E-state index is -4.12. The maximum Gasteiger partial charge on any atom is 0.245 e. The quantitative estimate of drug-likeness (QED) is 0.397. The molecule has 0 aromatic heterocycles. The molecule has 1 amide bonds. The van der Waals surface area contributed by atoms with Crippen molar-refractivity contribution in [2.75, 3.05) is 7.11 Å². The number of methoxy groups -OCH3 is 1. The summed E-state index contributed by atoms with van der Waals surface area (Å²) in [6, 6.07) is 19.7. The molecular formula is C24H24BrClN2O4S. The Labute approximate surface area is 207 Å². The van der Waals surface area contributed by atoms with Crippen molar-refractivity contribution in [3.63, 3.8) is 0 Å². The van der Waals surface area contributed by atoms with Crippen molar-refractivity contribution < 1.29 is 17.9 Å². The van der Waals surface area contributed by atoms with Crippen LogP contribution in [0.15, 0.2) is 82.2 Å². The Balaban J connectivity index is 1.88. The summed E-state index contributed by atoms with van der Waals surface area (Å²) in [7, 11) is -2.75. The van der Waals surface area contributed by atoms with E-state index in [2.05, 4.69) is 26.0 Å².